The predicted octanol–water partition coefficient (Wildman–Crippen LogP) is -0.346. The monoisotopic (exact) mass is 300 g/mol. The van der Waals surface area contributed by atoms with E-state index in [1.165, 1.54) is 0 Å². The lowest BCUT2D eigenvalue weighted by molar-refractivity contribution is -0.147. The number of morpholine rings is 1. The zero-order chi connectivity index (χ0) is 15.6. The number of carbonyl (C=O) groups excluding carboxylic acids is 1. The van der Waals surface area contributed by atoms with E-state index < -0.39 is 11.9 Å². The van der Waals surface area contributed by atoms with Crippen LogP contribution in [0.2, 0.25) is 0 Å². The molecule has 1 N–H and O–H groups in total. The number of carboxylic acids is 1. The van der Waals surface area contributed by atoms with Crippen molar-refractivity contribution in [3.8, 4) is 0 Å². The summed E-state index contributed by atoms with van der Waals surface area (Å²) < 4.78 is 10.9. The summed E-state index contributed by atoms with van der Waals surface area (Å²) in [5.41, 5.74) is 0. The van der Waals surface area contributed by atoms with Gasteiger partial charge in [0.15, 0.2) is 0 Å². The van der Waals surface area contributed by atoms with Crippen LogP contribution >= 0.6 is 0 Å². The first-order valence-electron chi connectivity index (χ1n) is 7.32. The fraction of sp³-hybridized carbons (Fsp3) is 0.857. The SMILES string of the molecule is CC1CN(C(=O)CN(C)C2COCC2C(=O)O)CC(C)O1. The summed E-state index contributed by atoms with van der Waals surface area (Å²) in [5, 5.41) is 9.17. The van der Waals surface area contributed by atoms with Crippen molar-refractivity contribution in [3.63, 3.8) is 0 Å². The van der Waals surface area contributed by atoms with Crippen molar-refractivity contribution in [2.75, 3.05) is 39.9 Å². The van der Waals surface area contributed by atoms with Crippen molar-refractivity contribution < 1.29 is 24.2 Å². The summed E-state index contributed by atoms with van der Waals surface area (Å²) in [6.45, 7) is 5.84. The molecule has 0 bridgehead atoms. The maximum atomic E-state index is 12.4. The van der Waals surface area contributed by atoms with Crippen LogP contribution < -0.4 is 0 Å². The van der Waals surface area contributed by atoms with Crippen molar-refractivity contribution in [3.05, 3.63) is 0 Å². The van der Waals surface area contributed by atoms with Crippen LogP contribution in [0.25, 0.3) is 0 Å². The lowest BCUT2D eigenvalue weighted by Gasteiger charge is -2.36. The summed E-state index contributed by atoms with van der Waals surface area (Å²) in [4.78, 5) is 27.1. The number of nitrogens with zero attached hydrogens (tertiary/aromatic N) is 2. The van der Waals surface area contributed by atoms with E-state index in [9.17, 15) is 9.59 Å². The number of carbonyl (C=O) groups is 2. The Bertz CT molecular complexity index is 393. The first-order valence-corrected chi connectivity index (χ1v) is 7.32. The number of likely N-dealkylation sites (N-methyl/N-ethyl adjacent to an activating group) is 1. The van der Waals surface area contributed by atoms with Crippen molar-refractivity contribution >= 4 is 11.9 Å². The molecule has 2 saturated heterocycles. The lowest BCUT2D eigenvalue weighted by atomic mass is 10.0. The van der Waals surface area contributed by atoms with Gasteiger partial charge in [-0.25, -0.2) is 0 Å². The molecule has 4 unspecified atom stereocenters. The van der Waals surface area contributed by atoms with Crippen LogP contribution in [0, 0.1) is 5.92 Å². The molecule has 21 heavy (non-hydrogen) atoms. The van der Waals surface area contributed by atoms with Gasteiger partial charge in [0, 0.05) is 19.1 Å². The number of hydrogen-bond acceptors (Lipinski definition) is 5. The second kappa shape index (κ2) is 6.72. The van der Waals surface area contributed by atoms with Gasteiger partial charge < -0.3 is 19.5 Å². The van der Waals surface area contributed by atoms with Gasteiger partial charge in [-0.2, -0.15) is 0 Å². The molecule has 120 valence electrons. The molecule has 1 amide bonds. The van der Waals surface area contributed by atoms with Gasteiger partial charge in [0.2, 0.25) is 5.91 Å². The highest BCUT2D eigenvalue weighted by atomic mass is 16.5. The number of aliphatic carboxylic acids is 1. The minimum Gasteiger partial charge on any atom is -0.481 e. The molecular weight excluding hydrogens is 276 g/mol. The highest BCUT2D eigenvalue weighted by Crippen LogP contribution is 2.19. The van der Waals surface area contributed by atoms with Crippen LogP contribution in [0.5, 0.6) is 0 Å². The van der Waals surface area contributed by atoms with Crippen molar-refractivity contribution in [2.45, 2.75) is 32.1 Å². The maximum absolute atomic E-state index is 12.4. The molecule has 0 spiro atoms. The fourth-order valence-electron chi connectivity index (χ4n) is 3.03. The molecule has 0 aromatic heterocycles. The zero-order valence-electron chi connectivity index (χ0n) is 12.8. The molecule has 7 nitrogen and oxygen atoms in total. The van der Waals surface area contributed by atoms with E-state index in [1.807, 2.05) is 13.8 Å². The minimum absolute atomic E-state index is 0.00976. The van der Waals surface area contributed by atoms with Gasteiger partial charge in [-0.05, 0) is 20.9 Å². The Morgan fingerprint density at radius 2 is 1.86 bits per heavy atom. The summed E-state index contributed by atoms with van der Waals surface area (Å²) >= 11 is 0. The van der Waals surface area contributed by atoms with Gasteiger partial charge in [0.25, 0.3) is 0 Å². The highest BCUT2D eigenvalue weighted by Gasteiger charge is 2.38. The normalized spacial score (nSPS) is 33.4. The van der Waals surface area contributed by atoms with E-state index in [4.69, 9.17) is 14.6 Å². The molecule has 0 aromatic carbocycles. The van der Waals surface area contributed by atoms with Crippen molar-refractivity contribution in [1.29, 1.82) is 0 Å². The van der Waals surface area contributed by atoms with E-state index in [1.54, 1.807) is 16.8 Å². The summed E-state index contributed by atoms with van der Waals surface area (Å²) in [6.07, 6.45) is 0.0641. The lowest BCUT2D eigenvalue weighted by Crippen LogP contribution is -2.52. The van der Waals surface area contributed by atoms with Gasteiger partial charge in [0.05, 0.1) is 37.9 Å². The molecule has 2 aliphatic rings. The van der Waals surface area contributed by atoms with E-state index in [-0.39, 0.29) is 37.3 Å². The Morgan fingerprint density at radius 3 is 2.43 bits per heavy atom. The average molecular weight is 300 g/mol. The predicted molar refractivity (Wildman–Crippen MR) is 75.0 cm³/mol. The molecule has 0 aliphatic carbocycles. The number of ether oxygens (including phenoxy) is 2. The van der Waals surface area contributed by atoms with Crippen LogP contribution in [0.1, 0.15) is 13.8 Å². The number of carboxylic acid groups (broad SMARTS) is 1. The Balaban J connectivity index is 1.91. The smallest absolute Gasteiger partial charge is 0.310 e. The van der Waals surface area contributed by atoms with E-state index in [2.05, 4.69) is 0 Å². The topological polar surface area (TPSA) is 79.3 Å². The Hall–Kier alpha value is -1.18. The van der Waals surface area contributed by atoms with Crippen molar-refractivity contribution in [2.24, 2.45) is 5.92 Å². The van der Waals surface area contributed by atoms with E-state index in [0.29, 0.717) is 19.7 Å². The molecule has 2 fully saturated rings. The molecule has 7 heteroatoms. The van der Waals surface area contributed by atoms with E-state index in [0.717, 1.165) is 0 Å². The summed E-state index contributed by atoms with van der Waals surface area (Å²) in [7, 11) is 1.78. The van der Waals surface area contributed by atoms with Crippen LogP contribution in [-0.4, -0.2) is 84.9 Å². The van der Waals surface area contributed by atoms with Gasteiger partial charge >= 0.3 is 5.97 Å². The first-order chi connectivity index (χ1) is 9.88. The molecule has 0 radical (unpaired) electrons. The van der Waals surface area contributed by atoms with E-state index >= 15 is 0 Å². The number of rotatable bonds is 4. The molecule has 2 heterocycles. The first kappa shape index (κ1) is 16.2. The highest BCUT2D eigenvalue weighted by molar-refractivity contribution is 5.78. The van der Waals surface area contributed by atoms with Gasteiger partial charge in [0.1, 0.15) is 0 Å². The third-order valence-corrected chi connectivity index (χ3v) is 4.09. The zero-order valence-corrected chi connectivity index (χ0v) is 12.8. The van der Waals surface area contributed by atoms with Crippen LogP contribution in [0.15, 0.2) is 0 Å². The maximum Gasteiger partial charge on any atom is 0.310 e. The van der Waals surface area contributed by atoms with Crippen LogP contribution in [0.3, 0.4) is 0 Å². The third kappa shape index (κ3) is 3.93. The third-order valence-electron chi connectivity index (χ3n) is 4.09. The Morgan fingerprint density at radius 1 is 1.24 bits per heavy atom. The quantitative estimate of drug-likeness (QED) is 0.765. The second-order valence-electron chi connectivity index (χ2n) is 6.02. The number of hydrogen-bond donors (Lipinski definition) is 1. The summed E-state index contributed by atoms with van der Waals surface area (Å²) in [6, 6.07) is -0.248. The molecule has 0 aromatic rings. The minimum atomic E-state index is -0.870. The van der Waals surface area contributed by atoms with Gasteiger partial charge in [-0.1, -0.05) is 0 Å². The largest absolute Gasteiger partial charge is 0.481 e. The van der Waals surface area contributed by atoms with Gasteiger partial charge in [-0.15, -0.1) is 0 Å². The standard InChI is InChI=1S/C14H24N2O5/c1-9-4-16(5-10(2)21-9)13(17)6-15(3)12-8-20-7-11(12)14(18)19/h9-12H,4-8H2,1-3H3,(H,18,19). The van der Waals surface area contributed by atoms with Crippen LogP contribution in [0.4, 0.5) is 0 Å². The molecular formula is C14H24N2O5. The summed E-state index contributed by atoms with van der Waals surface area (Å²) in [5.74, 6) is -1.42. The Labute approximate surface area is 124 Å². The Kier molecular flexibility index (Phi) is 5.18. The van der Waals surface area contributed by atoms with Crippen LogP contribution in [-0.2, 0) is 19.1 Å². The molecule has 2 aliphatic heterocycles. The fourth-order valence-corrected chi connectivity index (χ4v) is 3.03. The van der Waals surface area contributed by atoms with Crippen molar-refractivity contribution in [1.82, 2.24) is 9.80 Å². The molecule has 4 atom stereocenters. The van der Waals surface area contributed by atoms with Gasteiger partial charge in [-0.3, -0.25) is 14.5 Å². The number of amides is 1. The molecule has 0 saturated carbocycles. The average Bonchev–Trinajstić information content (AvgIpc) is 2.86. The second-order valence-corrected chi connectivity index (χ2v) is 6.02. The molecule has 2 rings (SSSR count).